The van der Waals surface area contributed by atoms with Gasteiger partial charge < -0.3 is 19.9 Å². The lowest BCUT2D eigenvalue weighted by atomic mass is 9.94. The molecule has 0 saturated carbocycles. The van der Waals surface area contributed by atoms with Gasteiger partial charge in [-0.2, -0.15) is 0 Å². The van der Waals surface area contributed by atoms with Crippen molar-refractivity contribution in [3.63, 3.8) is 0 Å². The van der Waals surface area contributed by atoms with Crippen LogP contribution < -0.4 is 5.32 Å². The fourth-order valence-corrected chi connectivity index (χ4v) is 2.10. The van der Waals surface area contributed by atoms with Gasteiger partial charge in [0, 0.05) is 6.42 Å². The van der Waals surface area contributed by atoms with Gasteiger partial charge in [0.15, 0.2) is 12.4 Å². The first-order chi connectivity index (χ1) is 7.25. The number of piperidine rings is 1. The van der Waals surface area contributed by atoms with E-state index in [0.29, 0.717) is 5.92 Å². The highest BCUT2D eigenvalue weighted by Crippen LogP contribution is 2.24. The van der Waals surface area contributed by atoms with Crippen molar-refractivity contribution in [3.05, 3.63) is 0 Å². The van der Waals surface area contributed by atoms with Crippen LogP contribution in [-0.4, -0.2) is 43.2 Å². The second kappa shape index (κ2) is 4.92. The van der Waals surface area contributed by atoms with Crippen LogP contribution in [0.4, 0.5) is 0 Å². The van der Waals surface area contributed by atoms with E-state index in [-0.39, 0.29) is 12.9 Å². The van der Waals surface area contributed by atoms with E-state index in [1.165, 1.54) is 0 Å². The number of nitrogens with one attached hydrogen (secondary N) is 1. The van der Waals surface area contributed by atoms with Gasteiger partial charge in [0.2, 0.25) is 0 Å². The molecular weight excluding hydrogens is 198 g/mol. The summed E-state index contributed by atoms with van der Waals surface area (Å²) in [5, 5.41) is 12.0. The van der Waals surface area contributed by atoms with Crippen LogP contribution in [0.25, 0.3) is 0 Å². The molecule has 0 aliphatic carbocycles. The highest BCUT2D eigenvalue weighted by Gasteiger charge is 2.32. The number of carboxylic acid groups (broad SMARTS) is 1. The molecule has 5 nitrogen and oxygen atoms in total. The van der Waals surface area contributed by atoms with E-state index in [9.17, 15) is 4.79 Å². The van der Waals surface area contributed by atoms with Crippen molar-refractivity contribution in [2.45, 2.75) is 31.7 Å². The molecular formula is C10H17NO4. The normalized spacial score (nSPS) is 33.1. The lowest BCUT2D eigenvalue weighted by Crippen LogP contribution is -2.30. The van der Waals surface area contributed by atoms with E-state index in [1.54, 1.807) is 0 Å². The van der Waals surface area contributed by atoms with Crippen LogP contribution in [0.15, 0.2) is 0 Å². The lowest BCUT2D eigenvalue weighted by Gasteiger charge is -2.24. The molecule has 2 N–H and O–H groups in total. The predicted octanol–water partition coefficient (Wildman–Crippen LogP) is 0.202. The van der Waals surface area contributed by atoms with Crippen LogP contribution in [0.1, 0.15) is 19.3 Å². The van der Waals surface area contributed by atoms with Crippen molar-refractivity contribution in [1.82, 2.24) is 5.32 Å². The molecule has 2 atom stereocenters. The Hall–Kier alpha value is -0.650. The minimum absolute atomic E-state index is 0.185. The van der Waals surface area contributed by atoms with Crippen molar-refractivity contribution in [2.24, 2.45) is 5.92 Å². The number of hydrogen-bond donors (Lipinski definition) is 2. The third-order valence-corrected chi connectivity index (χ3v) is 3.01. The third-order valence-electron chi connectivity index (χ3n) is 3.01. The summed E-state index contributed by atoms with van der Waals surface area (Å²) in [6, 6.07) is 0. The molecule has 5 heteroatoms. The second-order valence-corrected chi connectivity index (χ2v) is 4.15. The maximum atomic E-state index is 10.6. The Morgan fingerprint density at radius 2 is 2.13 bits per heavy atom. The van der Waals surface area contributed by atoms with Crippen LogP contribution in [0.2, 0.25) is 0 Å². The molecule has 2 saturated heterocycles. The molecule has 86 valence electrons. The highest BCUT2D eigenvalue weighted by molar-refractivity contribution is 5.72. The Morgan fingerprint density at radius 3 is 2.73 bits per heavy atom. The molecule has 2 heterocycles. The fourth-order valence-electron chi connectivity index (χ4n) is 2.10. The minimum atomic E-state index is -0.928. The maximum absolute atomic E-state index is 10.6. The molecule has 2 aliphatic rings. The van der Waals surface area contributed by atoms with Gasteiger partial charge in [-0.1, -0.05) is 0 Å². The monoisotopic (exact) mass is 215 g/mol. The molecule has 2 fully saturated rings. The molecule has 0 spiro atoms. The summed E-state index contributed by atoms with van der Waals surface area (Å²) in [5.74, 6) is -0.327. The standard InChI is InChI=1S/C10H17NO4/c12-10(13)8-6-14-9(15-8)5-7-1-3-11-4-2-7/h7-9,11H,1-6H2,(H,12,13). The van der Waals surface area contributed by atoms with Gasteiger partial charge >= 0.3 is 5.97 Å². The second-order valence-electron chi connectivity index (χ2n) is 4.15. The van der Waals surface area contributed by atoms with E-state index in [2.05, 4.69) is 5.32 Å². The van der Waals surface area contributed by atoms with Gasteiger partial charge in [-0.05, 0) is 31.8 Å². The topological polar surface area (TPSA) is 67.8 Å². The van der Waals surface area contributed by atoms with E-state index >= 15 is 0 Å². The molecule has 0 bridgehead atoms. The fraction of sp³-hybridized carbons (Fsp3) is 0.900. The van der Waals surface area contributed by atoms with Gasteiger partial charge in [0.25, 0.3) is 0 Å². The first-order valence-corrected chi connectivity index (χ1v) is 5.46. The Balaban J connectivity index is 1.74. The quantitative estimate of drug-likeness (QED) is 0.704. The molecule has 0 aromatic heterocycles. The Bertz CT molecular complexity index is 227. The van der Waals surface area contributed by atoms with Crippen LogP contribution in [0, 0.1) is 5.92 Å². The van der Waals surface area contributed by atoms with Crippen LogP contribution in [0.5, 0.6) is 0 Å². The Labute approximate surface area is 88.7 Å². The average Bonchev–Trinajstić information content (AvgIpc) is 2.68. The van der Waals surface area contributed by atoms with E-state index in [4.69, 9.17) is 14.6 Å². The smallest absolute Gasteiger partial charge is 0.335 e. The molecule has 0 amide bonds. The predicted molar refractivity (Wildman–Crippen MR) is 52.5 cm³/mol. The number of rotatable bonds is 3. The number of hydrogen-bond acceptors (Lipinski definition) is 4. The summed E-state index contributed by atoms with van der Waals surface area (Å²) in [6.07, 6.45) is 2.00. The largest absolute Gasteiger partial charge is 0.479 e. The van der Waals surface area contributed by atoms with Crippen LogP contribution in [-0.2, 0) is 14.3 Å². The molecule has 2 aliphatic heterocycles. The minimum Gasteiger partial charge on any atom is -0.479 e. The van der Waals surface area contributed by atoms with Crippen molar-refractivity contribution < 1.29 is 19.4 Å². The Morgan fingerprint density at radius 1 is 1.40 bits per heavy atom. The molecule has 0 aromatic rings. The maximum Gasteiger partial charge on any atom is 0.335 e. The van der Waals surface area contributed by atoms with Gasteiger partial charge in [-0.25, -0.2) is 4.79 Å². The zero-order chi connectivity index (χ0) is 10.7. The summed E-state index contributed by atoms with van der Waals surface area (Å²) in [6.45, 7) is 2.27. The number of carboxylic acids is 1. The van der Waals surface area contributed by atoms with E-state index in [0.717, 1.165) is 32.4 Å². The van der Waals surface area contributed by atoms with E-state index < -0.39 is 12.1 Å². The van der Waals surface area contributed by atoms with Crippen molar-refractivity contribution in [2.75, 3.05) is 19.7 Å². The number of carbonyl (C=O) groups is 1. The molecule has 0 radical (unpaired) electrons. The summed E-state index contributed by atoms with van der Waals surface area (Å²) in [7, 11) is 0. The van der Waals surface area contributed by atoms with Crippen molar-refractivity contribution >= 4 is 5.97 Å². The zero-order valence-corrected chi connectivity index (χ0v) is 8.65. The Kier molecular flexibility index (Phi) is 3.56. The average molecular weight is 215 g/mol. The summed E-state index contributed by atoms with van der Waals surface area (Å²) in [4.78, 5) is 10.6. The zero-order valence-electron chi connectivity index (χ0n) is 8.65. The summed E-state index contributed by atoms with van der Waals surface area (Å²) >= 11 is 0. The SMILES string of the molecule is O=C(O)C1COC(CC2CCNCC2)O1. The lowest BCUT2D eigenvalue weighted by molar-refractivity contribution is -0.151. The summed E-state index contributed by atoms with van der Waals surface area (Å²) in [5.41, 5.74) is 0. The van der Waals surface area contributed by atoms with Crippen LogP contribution >= 0.6 is 0 Å². The van der Waals surface area contributed by atoms with Crippen molar-refractivity contribution in [1.29, 1.82) is 0 Å². The van der Waals surface area contributed by atoms with Gasteiger partial charge in [0.05, 0.1) is 6.61 Å². The molecule has 0 aromatic carbocycles. The van der Waals surface area contributed by atoms with Crippen LogP contribution in [0.3, 0.4) is 0 Å². The highest BCUT2D eigenvalue weighted by atomic mass is 16.7. The van der Waals surface area contributed by atoms with Gasteiger partial charge in [0.1, 0.15) is 0 Å². The van der Waals surface area contributed by atoms with Gasteiger partial charge in [-0.15, -0.1) is 0 Å². The third kappa shape index (κ3) is 2.90. The van der Waals surface area contributed by atoms with Gasteiger partial charge in [-0.3, -0.25) is 0 Å². The van der Waals surface area contributed by atoms with E-state index in [1.807, 2.05) is 0 Å². The van der Waals surface area contributed by atoms with Crippen molar-refractivity contribution in [3.8, 4) is 0 Å². The first-order valence-electron chi connectivity index (χ1n) is 5.46. The molecule has 2 rings (SSSR count). The molecule has 15 heavy (non-hydrogen) atoms. The number of aliphatic carboxylic acids is 1. The number of ether oxygens (including phenoxy) is 2. The summed E-state index contributed by atoms with van der Waals surface area (Å²) < 4.78 is 10.6. The molecule has 2 unspecified atom stereocenters. The first kappa shape index (κ1) is 10.9.